The second kappa shape index (κ2) is 8.71. The van der Waals surface area contributed by atoms with Crippen LogP contribution in [0.15, 0.2) is 30.3 Å². The third kappa shape index (κ3) is 6.41. The Hall–Kier alpha value is -1.34. The van der Waals surface area contributed by atoms with Crippen LogP contribution in [-0.2, 0) is 11.3 Å². The minimum atomic E-state index is -0.506. The molecule has 98 valence electrons. The molecule has 0 aliphatic heterocycles. The molecular formula is C15H21NO2. The number of aliphatic hydroxyl groups excluding tert-OH is 1. The number of nitrogens with one attached hydrogen (secondary N) is 1. The fraction of sp³-hybridized carbons (Fsp3) is 0.467. The van der Waals surface area contributed by atoms with Gasteiger partial charge < -0.3 is 15.2 Å². The van der Waals surface area contributed by atoms with Crippen LogP contribution in [0, 0.1) is 12.3 Å². The molecule has 0 fully saturated rings. The van der Waals surface area contributed by atoms with E-state index in [-0.39, 0.29) is 6.04 Å². The highest BCUT2D eigenvalue weighted by Gasteiger charge is 2.06. The van der Waals surface area contributed by atoms with Gasteiger partial charge in [-0.2, -0.15) is 0 Å². The van der Waals surface area contributed by atoms with E-state index in [1.165, 1.54) is 0 Å². The Morgan fingerprint density at radius 3 is 2.78 bits per heavy atom. The minimum absolute atomic E-state index is 0.221. The van der Waals surface area contributed by atoms with Crippen molar-refractivity contribution in [1.82, 2.24) is 5.32 Å². The molecule has 0 aliphatic carbocycles. The zero-order valence-corrected chi connectivity index (χ0v) is 10.8. The third-order valence-corrected chi connectivity index (χ3v) is 2.55. The summed E-state index contributed by atoms with van der Waals surface area (Å²) in [6, 6.07) is 10.1. The molecule has 2 atom stereocenters. The predicted molar refractivity (Wildman–Crippen MR) is 73.0 cm³/mol. The first-order chi connectivity index (χ1) is 8.72. The highest BCUT2D eigenvalue weighted by atomic mass is 16.5. The maximum atomic E-state index is 9.71. The molecule has 1 aromatic carbocycles. The van der Waals surface area contributed by atoms with Gasteiger partial charge in [0.2, 0.25) is 0 Å². The summed E-state index contributed by atoms with van der Waals surface area (Å²) in [4.78, 5) is 0. The summed E-state index contributed by atoms with van der Waals surface area (Å²) >= 11 is 0. The molecule has 0 bridgehead atoms. The average Bonchev–Trinajstić information content (AvgIpc) is 2.38. The predicted octanol–water partition coefficient (Wildman–Crippen LogP) is 1.57. The summed E-state index contributed by atoms with van der Waals surface area (Å²) in [5.74, 6) is 2.58. The van der Waals surface area contributed by atoms with E-state index in [0.717, 1.165) is 5.56 Å². The van der Waals surface area contributed by atoms with Gasteiger partial charge in [0.15, 0.2) is 0 Å². The molecule has 3 nitrogen and oxygen atoms in total. The van der Waals surface area contributed by atoms with Crippen molar-refractivity contribution in [1.29, 1.82) is 0 Å². The van der Waals surface area contributed by atoms with Gasteiger partial charge in [-0.25, -0.2) is 0 Å². The second-order valence-electron chi connectivity index (χ2n) is 4.37. The van der Waals surface area contributed by atoms with Gasteiger partial charge in [-0.05, 0) is 12.5 Å². The molecule has 18 heavy (non-hydrogen) atoms. The lowest BCUT2D eigenvalue weighted by molar-refractivity contribution is 0.0279. The molecule has 0 radical (unpaired) electrons. The number of aliphatic hydroxyl groups is 1. The first-order valence-electron chi connectivity index (χ1n) is 6.19. The Labute approximate surface area is 109 Å². The van der Waals surface area contributed by atoms with Crippen molar-refractivity contribution in [2.24, 2.45) is 0 Å². The summed E-state index contributed by atoms with van der Waals surface area (Å²) in [6.45, 7) is 3.34. The maximum Gasteiger partial charge on any atom is 0.0897 e. The van der Waals surface area contributed by atoms with E-state index in [9.17, 15) is 5.11 Å². The van der Waals surface area contributed by atoms with Gasteiger partial charge in [-0.1, -0.05) is 30.3 Å². The number of terminal acetylenes is 1. The fourth-order valence-corrected chi connectivity index (χ4v) is 1.53. The van der Waals surface area contributed by atoms with Crippen molar-refractivity contribution in [3.05, 3.63) is 35.9 Å². The van der Waals surface area contributed by atoms with Crippen molar-refractivity contribution in [3.63, 3.8) is 0 Å². The fourth-order valence-electron chi connectivity index (χ4n) is 1.53. The van der Waals surface area contributed by atoms with E-state index in [1.54, 1.807) is 0 Å². The van der Waals surface area contributed by atoms with Gasteiger partial charge in [-0.15, -0.1) is 12.3 Å². The average molecular weight is 247 g/mol. The van der Waals surface area contributed by atoms with E-state index in [0.29, 0.717) is 26.2 Å². The van der Waals surface area contributed by atoms with Crippen molar-refractivity contribution >= 4 is 0 Å². The molecule has 0 saturated heterocycles. The highest BCUT2D eigenvalue weighted by Crippen LogP contribution is 2.01. The molecule has 0 aromatic heterocycles. The van der Waals surface area contributed by atoms with E-state index in [4.69, 9.17) is 11.2 Å². The standard InChI is InChI=1S/C15H21NO2/c1-3-7-13(2)16-10-15(17)12-18-11-14-8-5-4-6-9-14/h1,4-6,8-9,13,15-17H,7,10-12H2,2H3. The Morgan fingerprint density at radius 1 is 1.39 bits per heavy atom. The van der Waals surface area contributed by atoms with Gasteiger partial charge in [0, 0.05) is 19.0 Å². The van der Waals surface area contributed by atoms with Crippen LogP contribution in [0.5, 0.6) is 0 Å². The SMILES string of the molecule is C#CCC(C)NCC(O)COCc1ccccc1. The second-order valence-corrected chi connectivity index (χ2v) is 4.37. The van der Waals surface area contributed by atoms with Gasteiger partial charge in [-0.3, -0.25) is 0 Å². The normalized spacial score (nSPS) is 13.8. The van der Waals surface area contributed by atoms with Crippen molar-refractivity contribution in [2.75, 3.05) is 13.2 Å². The molecule has 3 heteroatoms. The number of benzene rings is 1. The lowest BCUT2D eigenvalue weighted by Crippen LogP contribution is -2.35. The summed E-state index contributed by atoms with van der Waals surface area (Å²) in [5.41, 5.74) is 1.11. The molecule has 0 saturated carbocycles. The van der Waals surface area contributed by atoms with Crippen molar-refractivity contribution < 1.29 is 9.84 Å². The quantitative estimate of drug-likeness (QED) is 0.685. The molecule has 0 heterocycles. The monoisotopic (exact) mass is 247 g/mol. The smallest absolute Gasteiger partial charge is 0.0897 e. The van der Waals surface area contributed by atoms with Crippen molar-refractivity contribution in [3.8, 4) is 12.3 Å². The van der Waals surface area contributed by atoms with E-state index >= 15 is 0 Å². The van der Waals surface area contributed by atoms with E-state index in [2.05, 4.69) is 11.2 Å². The molecule has 0 spiro atoms. The van der Waals surface area contributed by atoms with Gasteiger partial charge in [0.1, 0.15) is 0 Å². The first kappa shape index (κ1) is 14.7. The number of hydrogen-bond donors (Lipinski definition) is 2. The van der Waals surface area contributed by atoms with E-state index in [1.807, 2.05) is 37.3 Å². The van der Waals surface area contributed by atoms with Crippen LogP contribution < -0.4 is 5.32 Å². The molecular weight excluding hydrogens is 226 g/mol. The van der Waals surface area contributed by atoms with E-state index < -0.39 is 6.10 Å². The Balaban J connectivity index is 2.10. The van der Waals surface area contributed by atoms with Crippen LogP contribution in [0.2, 0.25) is 0 Å². The summed E-state index contributed by atoms with van der Waals surface area (Å²) in [6.07, 6.45) is 5.36. The topological polar surface area (TPSA) is 41.5 Å². The number of rotatable bonds is 8. The van der Waals surface area contributed by atoms with Crippen LogP contribution in [0.3, 0.4) is 0 Å². The summed E-state index contributed by atoms with van der Waals surface area (Å²) in [7, 11) is 0. The van der Waals surface area contributed by atoms with Crippen molar-refractivity contribution in [2.45, 2.75) is 32.1 Å². The third-order valence-electron chi connectivity index (χ3n) is 2.55. The zero-order valence-electron chi connectivity index (χ0n) is 10.8. The van der Waals surface area contributed by atoms with Crippen LogP contribution >= 0.6 is 0 Å². The van der Waals surface area contributed by atoms with Crippen LogP contribution in [0.4, 0.5) is 0 Å². The summed E-state index contributed by atoms with van der Waals surface area (Å²) in [5, 5.41) is 12.9. The lowest BCUT2D eigenvalue weighted by atomic mass is 10.2. The van der Waals surface area contributed by atoms with Crippen LogP contribution in [0.1, 0.15) is 18.9 Å². The number of ether oxygens (including phenoxy) is 1. The molecule has 0 amide bonds. The van der Waals surface area contributed by atoms with Gasteiger partial charge >= 0.3 is 0 Å². The molecule has 2 unspecified atom stereocenters. The Morgan fingerprint density at radius 2 is 2.11 bits per heavy atom. The maximum absolute atomic E-state index is 9.71. The summed E-state index contributed by atoms with van der Waals surface area (Å²) < 4.78 is 5.44. The lowest BCUT2D eigenvalue weighted by Gasteiger charge is -2.15. The molecule has 1 rings (SSSR count). The van der Waals surface area contributed by atoms with Gasteiger partial charge in [0.25, 0.3) is 0 Å². The zero-order chi connectivity index (χ0) is 13.2. The van der Waals surface area contributed by atoms with Gasteiger partial charge in [0.05, 0.1) is 19.3 Å². The minimum Gasteiger partial charge on any atom is -0.389 e. The van der Waals surface area contributed by atoms with Crippen LogP contribution in [-0.4, -0.2) is 30.4 Å². The highest BCUT2D eigenvalue weighted by molar-refractivity contribution is 5.13. The first-order valence-corrected chi connectivity index (χ1v) is 6.19. The number of hydrogen-bond acceptors (Lipinski definition) is 3. The Bertz CT molecular complexity index is 359. The van der Waals surface area contributed by atoms with Crippen LogP contribution in [0.25, 0.3) is 0 Å². The molecule has 1 aromatic rings. The molecule has 0 aliphatic rings. The molecule has 2 N–H and O–H groups in total. The largest absolute Gasteiger partial charge is 0.389 e. The Kier molecular flexibility index (Phi) is 7.12.